The van der Waals surface area contributed by atoms with Gasteiger partial charge >= 0.3 is 6.03 Å². The molecule has 2 N–H and O–H groups in total. The monoisotopic (exact) mass is 297 g/mol. The van der Waals surface area contributed by atoms with Crippen LogP contribution in [0.3, 0.4) is 0 Å². The highest BCUT2D eigenvalue weighted by molar-refractivity contribution is 5.74. The summed E-state index contributed by atoms with van der Waals surface area (Å²) in [7, 11) is 0. The van der Waals surface area contributed by atoms with Crippen molar-refractivity contribution in [2.75, 3.05) is 32.8 Å². The Morgan fingerprint density at radius 3 is 2.62 bits per heavy atom. The second kappa shape index (κ2) is 7.99. The van der Waals surface area contributed by atoms with E-state index in [0.29, 0.717) is 30.5 Å². The van der Waals surface area contributed by atoms with Crippen LogP contribution in [0, 0.1) is 11.8 Å². The summed E-state index contributed by atoms with van der Waals surface area (Å²) in [5, 5.41) is 6.58. The molecular weight excluding hydrogens is 266 g/mol. The Hall–Kier alpha value is -0.810. The predicted octanol–water partition coefficient (Wildman–Crippen LogP) is 1.83. The lowest BCUT2D eigenvalue weighted by Gasteiger charge is -2.33. The highest BCUT2D eigenvalue weighted by atomic mass is 16.5. The maximum atomic E-state index is 11.8. The Morgan fingerprint density at radius 2 is 2.00 bits per heavy atom. The number of likely N-dealkylation sites (tertiary alicyclic amines) is 1. The molecule has 2 rings (SSSR count). The lowest BCUT2D eigenvalue weighted by Crippen LogP contribution is -2.49. The van der Waals surface area contributed by atoms with E-state index in [1.54, 1.807) is 0 Å². The van der Waals surface area contributed by atoms with E-state index in [0.717, 1.165) is 39.1 Å². The number of urea groups is 1. The second-order valence-corrected chi connectivity index (χ2v) is 6.63. The number of nitrogens with zero attached hydrogens (tertiary/aromatic N) is 1. The van der Waals surface area contributed by atoms with E-state index < -0.39 is 0 Å². The summed E-state index contributed by atoms with van der Waals surface area (Å²) >= 11 is 0. The number of ether oxygens (including phenoxy) is 1. The van der Waals surface area contributed by atoms with Crippen molar-refractivity contribution in [1.82, 2.24) is 15.5 Å². The second-order valence-electron chi connectivity index (χ2n) is 6.63. The molecule has 0 spiro atoms. The summed E-state index contributed by atoms with van der Waals surface area (Å²) in [6.07, 6.45) is 3.69. The first kappa shape index (κ1) is 16.6. The van der Waals surface area contributed by atoms with Gasteiger partial charge in [-0.3, -0.25) is 0 Å². The summed E-state index contributed by atoms with van der Waals surface area (Å²) in [5.74, 6) is 1.24. The number of nitrogens with one attached hydrogen (secondary N) is 2. The van der Waals surface area contributed by atoms with E-state index in [2.05, 4.69) is 24.5 Å². The van der Waals surface area contributed by atoms with Crippen LogP contribution in [0.15, 0.2) is 0 Å². The molecule has 2 fully saturated rings. The molecule has 21 heavy (non-hydrogen) atoms. The molecule has 0 aromatic carbocycles. The fraction of sp³-hybridized carbons (Fsp3) is 0.938. The summed E-state index contributed by atoms with van der Waals surface area (Å²) in [5.41, 5.74) is 0. The fourth-order valence-corrected chi connectivity index (χ4v) is 3.48. The van der Waals surface area contributed by atoms with E-state index in [4.69, 9.17) is 4.74 Å². The number of hydrogen-bond acceptors (Lipinski definition) is 3. The molecule has 2 amide bonds. The molecule has 2 heterocycles. The lowest BCUT2D eigenvalue weighted by atomic mass is 9.92. The number of hydrogen-bond donors (Lipinski definition) is 2. The third-order valence-electron chi connectivity index (χ3n) is 4.70. The van der Waals surface area contributed by atoms with E-state index >= 15 is 0 Å². The minimum Gasteiger partial charge on any atom is -0.378 e. The summed E-state index contributed by atoms with van der Waals surface area (Å²) < 4.78 is 5.84. The van der Waals surface area contributed by atoms with E-state index in [9.17, 15) is 4.79 Å². The molecule has 0 aromatic rings. The van der Waals surface area contributed by atoms with Gasteiger partial charge in [0.1, 0.15) is 0 Å². The standard InChI is InChI=1S/C16H31N3O2/c1-4-17-16(20)19-8-5-14(6-9-19)18-11-13-7-10-21-15(13)12(2)3/h12-15,18H,4-11H2,1-3H3,(H,17,20)/t13-,15-/m1/s1. The Kier molecular flexibility index (Phi) is 6.30. The number of carbonyl (C=O) groups excluding carboxylic acids is 1. The van der Waals surface area contributed by atoms with Crippen LogP contribution in [0.25, 0.3) is 0 Å². The first-order chi connectivity index (χ1) is 10.1. The van der Waals surface area contributed by atoms with Crippen LogP contribution in [0.5, 0.6) is 0 Å². The van der Waals surface area contributed by atoms with Gasteiger partial charge in [-0.2, -0.15) is 0 Å². The van der Waals surface area contributed by atoms with Gasteiger partial charge in [0.2, 0.25) is 0 Å². The van der Waals surface area contributed by atoms with Crippen molar-refractivity contribution in [3.05, 3.63) is 0 Å². The molecular formula is C16H31N3O2. The van der Waals surface area contributed by atoms with Gasteiger partial charge in [-0.25, -0.2) is 4.79 Å². The van der Waals surface area contributed by atoms with Gasteiger partial charge in [0.15, 0.2) is 0 Å². The first-order valence-corrected chi connectivity index (χ1v) is 8.49. The smallest absolute Gasteiger partial charge is 0.317 e. The summed E-state index contributed by atoms with van der Waals surface area (Å²) in [6.45, 7) is 10.8. The van der Waals surface area contributed by atoms with Crippen LogP contribution in [0.1, 0.15) is 40.0 Å². The van der Waals surface area contributed by atoms with Crippen LogP contribution >= 0.6 is 0 Å². The molecule has 0 bridgehead atoms. The molecule has 2 saturated heterocycles. The van der Waals surface area contributed by atoms with Crippen LogP contribution in [0.2, 0.25) is 0 Å². The molecule has 0 radical (unpaired) electrons. The van der Waals surface area contributed by atoms with Crippen molar-refractivity contribution < 1.29 is 9.53 Å². The van der Waals surface area contributed by atoms with Gasteiger partial charge in [-0.1, -0.05) is 13.8 Å². The third-order valence-corrected chi connectivity index (χ3v) is 4.70. The van der Waals surface area contributed by atoms with Crippen molar-refractivity contribution in [3.63, 3.8) is 0 Å². The van der Waals surface area contributed by atoms with E-state index in [1.807, 2.05) is 11.8 Å². The maximum Gasteiger partial charge on any atom is 0.317 e. The minimum absolute atomic E-state index is 0.0833. The van der Waals surface area contributed by atoms with Crippen LogP contribution in [-0.2, 0) is 4.74 Å². The van der Waals surface area contributed by atoms with Gasteiger partial charge in [-0.05, 0) is 38.0 Å². The Bertz CT molecular complexity index is 327. The Balaban J connectivity index is 1.68. The van der Waals surface area contributed by atoms with Crippen molar-refractivity contribution in [1.29, 1.82) is 0 Å². The minimum atomic E-state index is 0.0833. The van der Waals surface area contributed by atoms with Crippen LogP contribution in [-0.4, -0.2) is 55.9 Å². The molecule has 5 nitrogen and oxygen atoms in total. The van der Waals surface area contributed by atoms with Crippen LogP contribution in [0.4, 0.5) is 4.79 Å². The van der Waals surface area contributed by atoms with Crippen LogP contribution < -0.4 is 10.6 Å². The summed E-state index contributed by atoms with van der Waals surface area (Å²) in [6, 6.07) is 0.629. The molecule has 5 heteroatoms. The topological polar surface area (TPSA) is 53.6 Å². The zero-order chi connectivity index (χ0) is 15.2. The van der Waals surface area contributed by atoms with Gasteiger partial charge in [0, 0.05) is 38.8 Å². The van der Waals surface area contributed by atoms with Crippen molar-refractivity contribution in [3.8, 4) is 0 Å². The van der Waals surface area contributed by atoms with E-state index in [1.165, 1.54) is 6.42 Å². The quantitative estimate of drug-likeness (QED) is 0.814. The SMILES string of the molecule is CCNC(=O)N1CCC(NC[C@H]2CCO[C@@H]2C(C)C)CC1. The normalized spacial score (nSPS) is 27.3. The van der Waals surface area contributed by atoms with Gasteiger partial charge in [0.05, 0.1) is 6.10 Å². The molecule has 2 atom stereocenters. The average Bonchev–Trinajstić information content (AvgIpc) is 2.94. The lowest BCUT2D eigenvalue weighted by molar-refractivity contribution is 0.0528. The molecule has 2 aliphatic rings. The number of rotatable bonds is 5. The predicted molar refractivity (Wildman–Crippen MR) is 84.4 cm³/mol. The molecule has 2 aliphatic heterocycles. The van der Waals surface area contributed by atoms with Gasteiger partial charge in [0.25, 0.3) is 0 Å². The van der Waals surface area contributed by atoms with Crippen molar-refractivity contribution in [2.45, 2.75) is 52.2 Å². The van der Waals surface area contributed by atoms with Crippen molar-refractivity contribution >= 4 is 6.03 Å². The zero-order valence-corrected chi connectivity index (χ0v) is 13.7. The highest BCUT2D eigenvalue weighted by Crippen LogP contribution is 2.26. The Labute approximate surface area is 128 Å². The number of amides is 2. The average molecular weight is 297 g/mol. The molecule has 122 valence electrons. The number of carbonyl (C=O) groups is 1. The fourth-order valence-electron chi connectivity index (χ4n) is 3.48. The highest BCUT2D eigenvalue weighted by Gasteiger charge is 2.31. The summed E-state index contributed by atoms with van der Waals surface area (Å²) in [4.78, 5) is 13.7. The third kappa shape index (κ3) is 4.58. The zero-order valence-electron chi connectivity index (χ0n) is 13.7. The largest absolute Gasteiger partial charge is 0.378 e. The molecule has 0 aliphatic carbocycles. The first-order valence-electron chi connectivity index (χ1n) is 8.49. The maximum absolute atomic E-state index is 11.8. The van der Waals surface area contributed by atoms with Crippen molar-refractivity contribution in [2.24, 2.45) is 11.8 Å². The van der Waals surface area contributed by atoms with Gasteiger partial charge < -0.3 is 20.3 Å². The Morgan fingerprint density at radius 1 is 1.29 bits per heavy atom. The molecule has 0 saturated carbocycles. The molecule has 0 unspecified atom stereocenters. The molecule has 0 aromatic heterocycles. The number of piperidine rings is 1. The van der Waals surface area contributed by atoms with E-state index in [-0.39, 0.29) is 6.03 Å². The van der Waals surface area contributed by atoms with Gasteiger partial charge in [-0.15, -0.1) is 0 Å².